The number of nitrogen functional groups attached to an aromatic ring is 1. The highest BCUT2D eigenvalue weighted by molar-refractivity contribution is 6.38. The van der Waals surface area contributed by atoms with E-state index in [-0.39, 0.29) is 0 Å². The van der Waals surface area contributed by atoms with Crippen LogP contribution in [0.2, 0.25) is 0 Å². The van der Waals surface area contributed by atoms with Gasteiger partial charge in [0.1, 0.15) is 0 Å². The Balaban J connectivity index is 1.95. The summed E-state index contributed by atoms with van der Waals surface area (Å²) in [5, 5.41) is 2.12. The van der Waals surface area contributed by atoms with E-state index in [4.69, 9.17) is 5.73 Å². The first-order chi connectivity index (χ1) is 10.1. The van der Waals surface area contributed by atoms with E-state index in [2.05, 4.69) is 5.32 Å². The summed E-state index contributed by atoms with van der Waals surface area (Å²) in [4.78, 5) is 37.3. The molecule has 0 radical (unpaired) electrons. The molecule has 2 rings (SSSR count). The quantitative estimate of drug-likeness (QED) is 0.594. The van der Waals surface area contributed by atoms with Crippen molar-refractivity contribution in [1.29, 1.82) is 0 Å². The second kappa shape index (κ2) is 6.88. The van der Waals surface area contributed by atoms with E-state index in [1.165, 1.54) is 17.0 Å². The Hall–Kier alpha value is -2.37. The number of nitrogens with two attached hydrogens (primary N) is 1. The van der Waals surface area contributed by atoms with Crippen molar-refractivity contribution >= 4 is 23.4 Å². The van der Waals surface area contributed by atoms with Crippen molar-refractivity contribution in [3.8, 4) is 0 Å². The number of nitrogens with one attached hydrogen (secondary N) is 1. The molecule has 1 fully saturated rings. The number of benzene rings is 1. The SMILES string of the molecule is Nc1ccc(C(=O)NC(=O)C(=O)N2CCCCCC2)cc1. The molecule has 0 aromatic heterocycles. The number of likely N-dealkylation sites (tertiary alicyclic amines) is 1. The molecule has 0 bridgehead atoms. The highest BCUT2D eigenvalue weighted by Crippen LogP contribution is 2.10. The number of hydrogen-bond acceptors (Lipinski definition) is 4. The van der Waals surface area contributed by atoms with Crippen LogP contribution in [0.25, 0.3) is 0 Å². The topological polar surface area (TPSA) is 92.5 Å². The van der Waals surface area contributed by atoms with Crippen molar-refractivity contribution in [3.63, 3.8) is 0 Å². The average Bonchev–Trinajstić information content (AvgIpc) is 2.76. The summed E-state index contributed by atoms with van der Waals surface area (Å²) in [5.41, 5.74) is 6.35. The van der Waals surface area contributed by atoms with E-state index in [0.717, 1.165) is 25.7 Å². The summed E-state index contributed by atoms with van der Waals surface area (Å²) in [6, 6.07) is 6.15. The lowest BCUT2D eigenvalue weighted by Gasteiger charge is -2.19. The van der Waals surface area contributed by atoms with E-state index in [1.807, 2.05) is 0 Å². The van der Waals surface area contributed by atoms with Gasteiger partial charge in [0.15, 0.2) is 0 Å². The van der Waals surface area contributed by atoms with Gasteiger partial charge in [0, 0.05) is 24.3 Å². The molecule has 21 heavy (non-hydrogen) atoms. The Morgan fingerprint density at radius 1 is 0.952 bits per heavy atom. The van der Waals surface area contributed by atoms with Crippen molar-refractivity contribution < 1.29 is 14.4 Å². The van der Waals surface area contributed by atoms with Crippen LogP contribution in [-0.4, -0.2) is 35.7 Å². The lowest BCUT2D eigenvalue weighted by molar-refractivity contribution is -0.145. The number of nitrogens with zero attached hydrogens (tertiary/aromatic N) is 1. The lowest BCUT2D eigenvalue weighted by Crippen LogP contribution is -2.45. The minimum absolute atomic E-state index is 0.293. The second-order valence-electron chi connectivity index (χ2n) is 5.11. The van der Waals surface area contributed by atoms with Gasteiger partial charge in [0.25, 0.3) is 5.91 Å². The zero-order valence-corrected chi connectivity index (χ0v) is 11.8. The van der Waals surface area contributed by atoms with Crippen LogP contribution in [0, 0.1) is 0 Å². The van der Waals surface area contributed by atoms with Gasteiger partial charge in [0.2, 0.25) is 0 Å². The van der Waals surface area contributed by atoms with Gasteiger partial charge in [-0.05, 0) is 37.1 Å². The van der Waals surface area contributed by atoms with Crippen LogP contribution < -0.4 is 11.1 Å². The van der Waals surface area contributed by atoms with Crippen LogP contribution >= 0.6 is 0 Å². The molecular formula is C15H19N3O3. The normalized spacial score (nSPS) is 15.1. The predicted octanol–water partition coefficient (Wildman–Crippen LogP) is 0.928. The number of anilines is 1. The van der Waals surface area contributed by atoms with Crippen molar-refractivity contribution in [1.82, 2.24) is 10.2 Å². The summed E-state index contributed by atoms with van der Waals surface area (Å²) in [6.45, 7) is 1.14. The smallest absolute Gasteiger partial charge is 0.316 e. The molecule has 1 aromatic rings. The van der Waals surface area contributed by atoms with Crippen molar-refractivity contribution in [2.24, 2.45) is 0 Å². The van der Waals surface area contributed by atoms with Crippen LogP contribution in [-0.2, 0) is 9.59 Å². The Labute approximate surface area is 123 Å². The molecule has 1 aliphatic heterocycles. The molecule has 1 heterocycles. The molecular weight excluding hydrogens is 270 g/mol. The molecule has 0 unspecified atom stereocenters. The van der Waals surface area contributed by atoms with Gasteiger partial charge in [-0.3, -0.25) is 19.7 Å². The molecule has 3 amide bonds. The number of amides is 3. The largest absolute Gasteiger partial charge is 0.399 e. The highest BCUT2D eigenvalue weighted by atomic mass is 16.2. The average molecular weight is 289 g/mol. The minimum Gasteiger partial charge on any atom is -0.399 e. The minimum atomic E-state index is -0.876. The maximum absolute atomic E-state index is 12.0. The molecule has 6 heteroatoms. The summed E-state index contributed by atoms with van der Waals surface area (Å²) < 4.78 is 0. The molecule has 3 N–H and O–H groups in total. The van der Waals surface area contributed by atoms with Gasteiger partial charge in [-0.25, -0.2) is 0 Å². The van der Waals surface area contributed by atoms with E-state index < -0.39 is 17.7 Å². The van der Waals surface area contributed by atoms with Crippen molar-refractivity contribution in [3.05, 3.63) is 29.8 Å². The fourth-order valence-electron chi connectivity index (χ4n) is 2.28. The molecule has 1 aliphatic rings. The number of hydrogen-bond donors (Lipinski definition) is 2. The van der Waals surface area contributed by atoms with Gasteiger partial charge >= 0.3 is 11.8 Å². The predicted molar refractivity (Wildman–Crippen MR) is 78.4 cm³/mol. The van der Waals surface area contributed by atoms with Crippen LogP contribution in [0.4, 0.5) is 5.69 Å². The summed E-state index contributed by atoms with van der Waals surface area (Å²) >= 11 is 0. The molecule has 0 aliphatic carbocycles. The van der Waals surface area contributed by atoms with Crippen LogP contribution in [0.5, 0.6) is 0 Å². The summed E-state index contributed by atoms with van der Waals surface area (Å²) in [7, 11) is 0. The van der Waals surface area contributed by atoms with E-state index in [1.54, 1.807) is 12.1 Å². The fourth-order valence-corrected chi connectivity index (χ4v) is 2.28. The molecule has 0 saturated carbocycles. The summed E-state index contributed by atoms with van der Waals surface area (Å²) in [6.07, 6.45) is 3.92. The van der Waals surface area contributed by atoms with E-state index >= 15 is 0 Å². The second-order valence-corrected chi connectivity index (χ2v) is 5.11. The fraction of sp³-hybridized carbons (Fsp3) is 0.400. The maximum Gasteiger partial charge on any atom is 0.316 e. The number of imide groups is 1. The first-order valence-electron chi connectivity index (χ1n) is 7.08. The zero-order valence-electron chi connectivity index (χ0n) is 11.8. The third-order valence-electron chi connectivity index (χ3n) is 3.49. The zero-order chi connectivity index (χ0) is 15.2. The monoisotopic (exact) mass is 289 g/mol. The Morgan fingerprint density at radius 2 is 1.52 bits per heavy atom. The number of carbonyl (C=O) groups is 3. The molecule has 0 atom stereocenters. The number of carbonyl (C=O) groups excluding carboxylic acids is 3. The molecule has 6 nitrogen and oxygen atoms in total. The molecule has 112 valence electrons. The van der Waals surface area contributed by atoms with Crippen LogP contribution in [0.1, 0.15) is 36.0 Å². The van der Waals surface area contributed by atoms with Crippen molar-refractivity contribution in [2.75, 3.05) is 18.8 Å². The Kier molecular flexibility index (Phi) is 4.92. The molecule has 1 aromatic carbocycles. The van der Waals surface area contributed by atoms with Gasteiger partial charge in [-0.15, -0.1) is 0 Å². The molecule has 0 spiro atoms. The third kappa shape index (κ3) is 4.05. The highest BCUT2D eigenvalue weighted by Gasteiger charge is 2.24. The van der Waals surface area contributed by atoms with Gasteiger partial charge in [0.05, 0.1) is 0 Å². The van der Waals surface area contributed by atoms with E-state index in [9.17, 15) is 14.4 Å². The summed E-state index contributed by atoms with van der Waals surface area (Å²) in [5.74, 6) is -2.11. The Morgan fingerprint density at radius 3 is 2.10 bits per heavy atom. The standard InChI is InChI=1S/C15H19N3O3/c16-12-7-5-11(6-8-12)13(19)17-14(20)15(21)18-9-3-1-2-4-10-18/h5-8H,1-4,9-10,16H2,(H,17,19,20). The van der Waals surface area contributed by atoms with Crippen molar-refractivity contribution in [2.45, 2.75) is 25.7 Å². The first-order valence-corrected chi connectivity index (χ1v) is 7.08. The van der Waals surface area contributed by atoms with Gasteiger partial charge in [-0.1, -0.05) is 12.8 Å². The van der Waals surface area contributed by atoms with Gasteiger partial charge in [-0.2, -0.15) is 0 Å². The number of rotatable bonds is 1. The Bertz CT molecular complexity index is 532. The third-order valence-corrected chi connectivity index (χ3v) is 3.49. The van der Waals surface area contributed by atoms with E-state index in [0.29, 0.717) is 24.3 Å². The first kappa shape index (κ1) is 15.0. The van der Waals surface area contributed by atoms with Gasteiger partial charge < -0.3 is 10.6 Å². The maximum atomic E-state index is 12.0. The molecule has 1 saturated heterocycles. The van der Waals surface area contributed by atoms with Crippen LogP contribution in [0.15, 0.2) is 24.3 Å². The van der Waals surface area contributed by atoms with Crippen LogP contribution in [0.3, 0.4) is 0 Å². The lowest BCUT2D eigenvalue weighted by atomic mass is 10.2.